The molecular weight excluding hydrogens is 343 g/mol. The van der Waals surface area contributed by atoms with Gasteiger partial charge in [0.25, 0.3) is 11.8 Å². The minimum Gasteiger partial charge on any atom is -0.337 e. The number of nitrogens with zero attached hydrogens (tertiary/aromatic N) is 2. The normalized spacial score (nSPS) is 15.0. The van der Waals surface area contributed by atoms with Crippen LogP contribution in [0.5, 0.6) is 0 Å². The van der Waals surface area contributed by atoms with Crippen molar-refractivity contribution in [3.8, 4) is 0 Å². The van der Waals surface area contributed by atoms with Crippen molar-refractivity contribution in [3.05, 3.63) is 70.5 Å². The van der Waals surface area contributed by atoms with Gasteiger partial charge >= 0.3 is 0 Å². The standard InChI is InChI=1S/C19H18ClFN2O2/c20-16-7-5-14(6-8-16)18(24)22-9-2-10-23(12-11-22)19(25)15-3-1-4-17(21)13-15/h1,3-8,13H,2,9-12H2. The number of halogens is 2. The van der Waals surface area contributed by atoms with Crippen LogP contribution in [0.15, 0.2) is 48.5 Å². The highest BCUT2D eigenvalue weighted by Crippen LogP contribution is 2.15. The Bertz CT molecular complexity index is 779. The predicted molar refractivity (Wildman–Crippen MR) is 94.3 cm³/mol. The van der Waals surface area contributed by atoms with Crippen molar-refractivity contribution in [1.82, 2.24) is 9.80 Å². The Balaban J connectivity index is 1.67. The van der Waals surface area contributed by atoms with Gasteiger partial charge in [0, 0.05) is 42.3 Å². The van der Waals surface area contributed by atoms with E-state index in [1.54, 1.807) is 40.1 Å². The van der Waals surface area contributed by atoms with Gasteiger partial charge < -0.3 is 9.80 Å². The molecule has 0 aliphatic carbocycles. The zero-order valence-corrected chi connectivity index (χ0v) is 14.4. The van der Waals surface area contributed by atoms with Gasteiger partial charge in [0.2, 0.25) is 0 Å². The average Bonchev–Trinajstić information content (AvgIpc) is 2.87. The molecule has 0 bridgehead atoms. The maximum absolute atomic E-state index is 13.3. The number of carbonyl (C=O) groups is 2. The molecule has 2 amide bonds. The molecule has 0 unspecified atom stereocenters. The van der Waals surface area contributed by atoms with E-state index in [1.165, 1.54) is 18.2 Å². The van der Waals surface area contributed by atoms with Gasteiger partial charge in [-0.2, -0.15) is 0 Å². The van der Waals surface area contributed by atoms with E-state index < -0.39 is 5.82 Å². The van der Waals surface area contributed by atoms with Gasteiger partial charge in [0.15, 0.2) is 0 Å². The maximum atomic E-state index is 13.3. The summed E-state index contributed by atoms with van der Waals surface area (Å²) in [5.74, 6) is -0.711. The molecule has 0 atom stereocenters. The predicted octanol–water partition coefficient (Wildman–Crippen LogP) is 3.47. The van der Waals surface area contributed by atoms with Gasteiger partial charge in [-0.1, -0.05) is 17.7 Å². The van der Waals surface area contributed by atoms with Gasteiger partial charge in [-0.3, -0.25) is 9.59 Å². The van der Waals surface area contributed by atoms with Crippen LogP contribution < -0.4 is 0 Å². The highest BCUT2D eigenvalue weighted by Gasteiger charge is 2.23. The third kappa shape index (κ3) is 4.17. The first kappa shape index (κ1) is 17.4. The van der Waals surface area contributed by atoms with Crippen molar-refractivity contribution in [3.63, 3.8) is 0 Å². The van der Waals surface area contributed by atoms with E-state index in [1.807, 2.05) is 0 Å². The minimum absolute atomic E-state index is 0.0725. The molecule has 0 aromatic heterocycles. The molecule has 1 heterocycles. The van der Waals surface area contributed by atoms with Gasteiger partial charge in [-0.25, -0.2) is 4.39 Å². The Morgan fingerprint density at radius 3 is 2.04 bits per heavy atom. The SMILES string of the molecule is O=C(c1ccc(Cl)cc1)N1CCCN(C(=O)c2cccc(F)c2)CC1. The molecule has 0 radical (unpaired) electrons. The lowest BCUT2D eigenvalue weighted by Crippen LogP contribution is -2.37. The van der Waals surface area contributed by atoms with Crippen molar-refractivity contribution in [1.29, 1.82) is 0 Å². The molecule has 0 saturated carbocycles. The summed E-state index contributed by atoms with van der Waals surface area (Å²) in [6.45, 7) is 1.99. The molecule has 4 nitrogen and oxygen atoms in total. The van der Waals surface area contributed by atoms with Crippen LogP contribution in [0.2, 0.25) is 5.02 Å². The number of amides is 2. The highest BCUT2D eigenvalue weighted by atomic mass is 35.5. The van der Waals surface area contributed by atoms with Crippen LogP contribution in [0, 0.1) is 5.82 Å². The summed E-state index contributed by atoms with van der Waals surface area (Å²) >= 11 is 5.86. The summed E-state index contributed by atoms with van der Waals surface area (Å²) in [4.78, 5) is 28.5. The fraction of sp³-hybridized carbons (Fsp3) is 0.263. The number of carbonyl (C=O) groups excluding carboxylic acids is 2. The molecule has 0 spiro atoms. The number of rotatable bonds is 2. The summed E-state index contributed by atoms with van der Waals surface area (Å²) in [5.41, 5.74) is 0.909. The minimum atomic E-state index is -0.430. The molecule has 6 heteroatoms. The lowest BCUT2D eigenvalue weighted by Gasteiger charge is -2.22. The van der Waals surface area contributed by atoms with E-state index in [9.17, 15) is 14.0 Å². The quantitative estimate of drug-likeness (QED) is 0.822. The van der Waals surface area contributed by atoms with Crippen LogP contribution in [0.1, 0.15) is 27.1 Å². The molecule has 1 saturated heterocycles. The summed E-state index contributed by atoms with van der Waals surface area (Å²) in [5, 5.41) is 0.583. The first-order valence-electron chi connectivity index (χ1n) is 8.14. The molecule has 2 aromatic rings. The van der Waals surface area contributed by atoms with E-state index in [0.29, 0.717) is 48.7 Å². The Labute approximate surface area is 150 Å². The first-order valence-corrected chi connectivity index (χ1v) is 8.52. The average molecular weight is 361 g/mol. The molecule has 1 aliphatic rings. The lowest BCUT2D eigenvalue weighted by molar-refractivity contribution is 0.0718. The second-order valence-electron chi connectivity index (χ2n) is 5.96. The van der Waals surface area contributed by atoms with E-state index in [-0.39, 0.29) is 11.8 Å². The largest absolute Gasteiger partial charge is 0.337 e. The second kappa shape index (κ2) is 7.66. The zero-order chi connectivity index (χ0) is 17.8. The van der Waals surface area contributed by atoms with Gasteiger partial charge in [0.05, 0.1) is 0 Å². The van der Waals surface area contributed by atoms with Crippen molar-refractivity contribution in [2.45, 2.75) is 6.42 Å². The molecule has 130 valence electrons. The number of hydrogen-bond acceptors (Lipinski definition) is 2. The van der Waals surface area contributed by atoms with Crippen LogP contribution in [0.25, 0.3) is 0 Å². The lowest BCUT2D eigenvalue weighted by atomic mass is 10.2. The van der Waals surface area contributed by atoms with Gasteiger partial charge in [0.1, 0.15) is 5.82 Å². The smallest absolute Gasteiger partial charge is 0.254 e. The number of hydrogen-bond donors (Lipinski definition) is 0. The Morgan fingerprint density at radius 2 is 1.44 bits per heavy atom. The third-order valence-corrected chi connectivity index (χ3v) is 4.49. The summed E-state index contributed by atoms with van der Waals surface area (Å²) in [6.07, 6.45) is 0.681. The summed E-state index contributed by atoms with van der Waals surface area (Å²) in [7, 11) is 0. The first-order chi connectivity index (χ1) is 12.0. The van der Waals surface area contributed by atoms with Crippen molar-refractivity contribution in [2.75, 3.05) is 26.2 Å². The molecule has 0 N–H and O–H groups in total. The topological polar surface area (TPSA) is 40.6 Å². The molecule has 3 rings (SSSR count). The van der Waals surface area contributed by atoms with E-state index in [0.717, 1.165) is 0 Å². The van der Waals surface area contributed by atoms with Crippen molar-refractivity contribution >= 4 is 23.4 Å². The van der Waals surface area contributed by atoms with Crippen molar-refractivity contribution in [2.24, 2.45) is 0 Å². The van der Waals surface area contributed by atoms with Crippen LogP contribution >= 0.6 is 11.6 Å². The Morgan fingerprint density at radius 1 is 0.840 bits per heavy atom. The zero-order valence-electron chi connectivity index (χ0n) is 13.6. The monoisotopic (exact) mass is 360 g/mol. The molecule has 1 aliphatic heterocycles. The third-order valence-electron chi connectivity index (χ3n) is 4.23. The fourth-order valence-corrected chi connectivity index (χ4v) is 3.03. The molecular formula is C19H18ClFN2O2. The van der Waals surface area contributed by atoms with Crippen molar-refractivity contribution < 1.29 is 14.0 Å². The van der Waals surface area contributed by atoms with E-state index in [2.05, 4.69) is 0 Å². The highest BCUT2D eigenvalue weighted by molar-refractivity contribution is 6.30. The summed E-state index contributed by atoms with van der Waals surface area (Å²) < 4.78 is 13.3. The summed E-state index contributed by atoms with van der Waals surface area (Å²) in [6, 6.07) is 12.5. The van der Waals surface area contributed by atoms with E-state index >= 15 is 0 Å². The van der Waals surface area contributed by atoms with E-state index in [4.69, 9.17) is 11.6 Å². The molecule has 25 heavy (non-hydrogen) atoms. The molecule has 1 fully saturated rings. The van der Waals surface area contributed by atoms with Crippen LogP contribution in [0.4, 0.5) is 4.39 Å². The fourth-order valence-electron chi connectivity index (χ4n) is 2.90. The van der Waals surface area contributed by atoms with Gasteiger partial charge in [-0.05, 0) is 48.9 Å². The Kier molecular flexibility index (Phi) is 5.34. The van der Waals surface area contributed by atoms with Crippen LogP contribution in [-0.2, 0) is 0 Å². The second-order valence-corrected chi connectivity index (χ2v) is 6.39. The molecule has 2 aromatic carbocycles. The van der Waals surface area contributed by atoms with Crippen LogP contribution in [-0.4, -0.2) is 47.8 Å². The number of benzene rings is 2. The Hall–Kier alpha value is -2.40. The maximum Gasteiger partial charge on any atom is 0.254 e. The van der Waals surface area contributed by atoms with Gasteiger partial charge in [-0.15, -0.1) is 0 Å². The van der Waals surface area contributed by atoms with Crippen LogP contribution in [0.3, 0.4) is 0 Å².